The Morgan fingerprint density at radius 2 is 1.83 bits per heavy atom. The maximum atomic E-state index is 12.8. The largest absolute Gasteiger partial charge is 0.486 e. The van der Waals surface area contributed by atoms with Gasteiger partial charge in [-0.15, -0.1) is 0 Å². The summed E-state index contributed by atoms with van der Waals surface area (Å²) in [6.45, 7) is 1.16. The number of benzene rings is 2. The summed E-state index contributed by atoms with van der Waals surface area (Å²) in [6, 6.07) is 11.2. The lowest BCUT2D eigenvalue weighted by Crippen LogP contribution is -2.15. The van der Waals surface area contributed by atoms with E-state index < -0.39 is 5.97 Å². The summed E-state index contributed by atoms with van der Waals surface area (Å²) >= 11 is 0. The molecule has 1 aliphatic heterocycles. The van der Waals surface area contributed by atoms with Gasteiger partial charge in [-0.1, -0.05) is 18.2 Å². The lowest BCUT2D eigenvalue weighted by molar-refractivity contribution is -0.138. The van der Waals surface area contributed by atoms with Crippen molar-refractivity contribution in [2.75, 3.05) is 13.2 Å². The van der Waals surface area contributed by atoms with Gasteiger partial charge in [0.25, 0.3) is 0 Å². The van der Waals surface area contributed by atoms with Crippen molar-refractivity contribution < 1.29 is 23.4 Å². The van der Waals surface area contributed by atoms with Crippen LogP contribution in [0.25, 0.3) is 6.08 Å². The van der Waals surface area contributed by atoms with Gasteiger partial charge >= 0.3 is 5.97 Å². The number of hydrogen-bond donors (Lipinski definition) is 0. The molecule has 0 saturated carbocycles. The Balaban J connectivity index is 1.56. The number of ether oxygens (including phenoxy) is 3. The standard InChI is InChI=1S/C18H15FO4/c19-15-5-1-14(2-6-15)12-23-18(20)8-4-13-3-7-16-17(11-13)22-10-9-21-16/h1-8,11H,9-10,12H2/b8-4+. The maximum Gasteiger partial charge on any atom is 0.331 e. The molecule has 0 aliphatic carbocycles. The highest BCUT2D eigenvalue weighted by Gasteiger charge is 2.10. The summed E-state index contributed by atoms with van der Waals surface area (Å²) < 4.78 is 28.8. The molecule has 0 atom stereocenters. The Bertz CT molecular complexity index is 722. The molecule has 2 aromatic rings. The molecule has 0 unspecified atom stereocenters. The predicted octanol–water partition coefficient (Wildman–Crippen LogP) is 3.35. The summed E-state index contributed by atoms with van der Waals surface area (Å²) in [5.74, 6) is 0.577. The van der Waals surface area contributed by atoms with Gasteiger partial charge in [-0.3, -0.25) is 0 Å². The second kappa shape index (κ2) is 6.96. The Morgan fingerprint density at radius 3 is 2.61 bits per heavy atom. The van der Waals surface area contributed by atoms with Gasteiger partial charge in [0, 0.05) is 6.08 Å². The number of carbonyl (C=O) groups excluding carboxylic acids is 1. The van der Waals surface area contributed by atoms with Crippen LogP contribution in [0, 0.1) is 5.82 Å². The second-order valence-electron chi connectivity index (χ2n) is 4.97. The second-order valence-corrected chi connectivity index (χ2v) is 4.97. The Labute approximate surface area is 133 Å². The van der Waals surface area contributed by atoms with E-state index in [1.54, 1.807) is 30.3 Å². The van der Waals surface area contributed by atoms with E-state index in [4.69, 9.17) is 14.2 Å². The van der Waals surface area contributed by atoms with E-state index >= 15 is 0 Å². The predicted molar refractivity (Wildman–Crippen MR) is 82.7 cm³/mol. The Morgan fingerprint density at radius 1 is 1.09 bits per heavy atom. The molecule has 23 heavy (non-hydrogen) atoms. The molecular weight excluding hydrogens is 299 g/mol. The fourth-order valence-corrected chi connectivity index (χ4v) is 2.11. The van der Waals surface area contributed by atoms with Crippen LogP contribution >= 0.6 is 0 Å². The van der Waals surface area contributed by atoms with Crippen LogP contribution in [0.1, 0.15) is 11.1 Å². The van der Waals surface area contributed by atoms with Crippen LogP contribution in [0.2, 0.25) is 0 Å². The number of halogens is 1. The third-order valence-electron chi connectivity index (χ3n) is 3.27. The van der Waals surface area contributed by atoms with Crippen molar-refractivity contribution >= 4 is 12.0 Å². The minimum atomic E-state index is -0.468. The molecule has 0 N–H and O–H groups in total. The molecular formula is C18H15FO4. The van der Waals surface area contributed by atoms with Gasteiger partial charge in [0.05, 0.1) is 0 Å². The van der Waals surface area contributed by atoms with Crippen LogP contribution < -0.4 is 9.47 Å². The minimum absolute atomic E-state index is 0.102. The molecule has 0 fully saturated rings. The fourth-order valence-electron chi connectivity index (χ4n) is 2.11. The van der Waals surface area contributed by atoms with E-state index in [1.807, 2.05) is 6.07 Å². The van der Waals surface area contributed by atoms with Crippen LogP contribution in [-0.4, -0.2) is 19.2 Å². The summed E-state index contributed by atoms with van der Waals surface area (Å²) in [4.78, 5) is 11.7. The first-order valence-electron chi connectivity index (χ1n) is 7.20. The maximum absolute atomic E-state index is 12.8. The Kier molecular flexibility index (Phi) is 4.57. The third-order valence-corrected chi connectivity index (χ3v) is 3.27. The van der Waals surface area contributed by atoms with Crippen molar-refractivity contribution in [1.82, 2.24) is 0 Å². The molecule has 1 heterocycles. The smallest absolute Gasteiger partial charge is 0.331 e. The van der Waals surface area contributed by atoms with Gasteiger partial charge in [0.2, 0.25) is 0 Å². The van der Waals surface area contributed by atoms with Crippen LogP contribution in [0.15, 0.2) is 48.5 Å². The molecule has 1 aliphatic rings. The average molecular weight is 314 g/mol. The number of rotatable bonds is 4. The van der Waals surface area contributed by atoms with E-state index in [-0.39, 0.29) is 12.4 Å². The quantitative estimate of drug-likeness (QED) is 0.641. The summed E-state index contributed by atoms with van der Waals surface area (Å²) in [7, 11) is 0. The van der Waals surface area contributed by atoms with Crippen LogP contribution in [0.4, 0.5) is 4.39 Å². The molecule has 118 valence electrons. The van der Waals surface area contributed by atoms with E-state index in [1.165, 1.54) is 18.2 Å². The summed E-state index contributed by atoms with van der Waals surface area (Å²) in [5.41, 5.74) is 1.54. The molecule has 4 nitrogen and oxygen atoms in total. The van der Waals surface area contributed by atoms with Gasteiger partial charge < -0.3 is 14.2 Å². The summed E-state index contributed by atoms with van der Waals surface area (Å²) in [5, 5.41) is 0. The van der Waals surface area contributed by atoms with Crippen molar-refractivity contribution in [2.45, 2.75) is 6.61 Å². The zero-order chi connectivity index (χ0) is 16.1. The highest BCUT2D eigenvalue weighted by atomic mass is 19.1. The highest BCUT2D eigenvalue weighted by molar-refractivity contribution is 5.87. The van der Waals surface area contributed by atoms with Gasteiger partial charge in [-0.2, -0.15) is 0 Å². The molecule has 0 radical (unpaired) electrons. The molecule has 5 heteroatoms. The van der Waals surface area contributed by atoms with Crippen LogP contribution in [0.5, 0.6) is 11.5 Å². The van der Waals surface area contributed by atoms with Crippen molar-refractivity contribution in [2.24, 2.45) is 0 Å². The molecule has 0 amide bonds. The topological polar surface area (TPSA) is 44.8 Å². The zero-order valence-corrected chi connectivity index (χ0v) is 12.3. The van der Waals surface area contributed by atoms with Crippen molar-refractivity contribution in [1.29, 1.82) is 0 Å². The number of fused-ring (bicyclic) bond motifs is 1. The first kappa shape index (κ1) is 15.1. The SMILES string of the molecule is O=C(/C=C/c1ccc2c(c1)OCCO2)OCc1ccc(F)cc1. The van der Waals surface area contributed by atoms with Gasteiger partial charge in [-0.05, 0) is 41.5 Å². The summed E-state index contributed by atoms with van der Waals surface area (Å²) in [6.07, 6.45) is 2.99. The van der Waals surface area contributed by atoms with Crippen LogP contribution in [-0.2, 0) is 16.1 Å². The monoisotopic (exact) mass is 314 g/mol. The number of esters is 1. The van der Waals surface area contributed by atoms with E-state index in [2.05, 4.69) is 0 Å². The molecule has 0 aromatic heterocycles. The molecule has 0 bridgehead atoms. The van der Waals surface area contributed by atoms with E-state index in [0.717, 1.165) is 11.1 Å². The Hall–Kier alpha value is -2.82. The van der Waals surface area contributed by atoms with Gasteiger partial charge in [0.1, 0.15) is 25.6 Å². The number of carbonyl (C=O) groups is 1. The van der Waals surface area contributed by atoms with E-state index in [0.29, 0.717) is 24.7 Å². The molecule has 2 aromatic carbocycles. The molecule has 3 rings (SSSR count). The van der Waals surface area contributed by atoms with Crippen molar-refractivity contribution in [3.05, 3.63) is 65.5 Å². The van der Waals surface area contributed by atoms with Crippen molar-refractivity contribution in [3.63, 3.8) is 0 Å². The molecule has 0 spiro atoms. The zero-order valence-electron chi connectivity index (χ0n) is 12.3. The van der Waals surface area contributed by atoms with E-state index in [9.17, 15) is 9.18 Å². The average Bonchev–Trinajstić information content (AvgIpc) is 2.59. The lowest BCUT2D eigenvalue weighted by atomic mass is 10.2. The van der Waals surface area contributed by atoms with Crippen LogP contribution in [0.3, 0.4) is 0 Å². The van der Waals surface area contributed by atoms with Crippen molar-refractivity contribution in [3.8, 4) is 11.5 Å². The minimum Gasteiger partial charge on any atom is -0.486 e. The normalized spacial score (nSPS) is 13.1. The van der Waals surface area contributed by atoms with Gasteiger partial charge in [-0.25, -0.2) is 9.18 Å². The fraction of sp³-hybridized carbons (Fsp3) is 0.167. The number of hydrogen-bond acceptors (Lipinski definition) is 4. The lowest BCUT2D eigenvalue weighted by Gasteiger charge is -2.18. The molecule has 0 saturated heterocycles. The first-order chi connectivity index (χ1) is 11.2. The first-order valence-corrected chi connectivity index (χ1v) is 7.20. The van der Waals surface area contributed by atoms with Gasteiger partial charge in [0.15, 0.2) is 11.5 Å². The highest BCUT2D eigenvalue weighted by Crippen LogP contribution is 2.31. The third kappa shape index (κ3) is 4.10.